The standard InChI is InChI=1S/C21H29N5O2/c1-3-16-6-5-7-17(4-2)19(16)25-21-23-9-8-18(24-21)20(27)22-10-11-26-12-14-28-15-13-26/h5-9H,3-4,10-15H2,1-2H3,(H,22,27)(H,23,24,25). The number of carbonyl (C=O) groups excluding carboxylic acids is 1. The molecule has 2 N–H and O–H groups in total. The zero-order valence-corrected chi connectivity index (χ0v) is 16.7. The van der Waals surface area contributed by atoms with E-state index in [0.717, 1.165) is 51.4 Å². The van der Waals surface area contributed by atoms with Gasteiger partial charge in [-0.25, -0.2) is 9.97 Å². The van der Waals surface area contributed by atoms with Crippen molar-refractivity contribution in [2.45, 2.75) is 26.7 Å². The second-order valence-corrected chi connectivity index (χ2v) is 6.76. The number of ether oxygens (including phenoxy) is 1. The third-order valence-corrected chi connectivity index (χ3v) is 4.94. The average Bonchev–Trinajstić information content (AvgIpc) is 2.74. The van der Waals surface area contributed by atoms with Crippen LogP contribution in [-0.4, -0.2) is 60.2 Å². The van der Waals surface area contributed by atoms with Crippen LogP contribution < -0.4 is 10.6 Å². The molecule has 1 aromatic heterocycles. The molecule has 0 bridgehead atoms. The maximum absolute atomic E-state index is 12.5. The van der Waals surface area contributed by atoms with Crippen LogP contribution in [0.25, 0.3) is 0 Å². The van der Waals surface area contributed by atoms with Crippen molar-refractivity contribution in [3.05, 3.63) is 47.3 Å². The van der Waals surface area contributed by atoms with Gasteiger partial charge in [0, 0.05) is 38.1 Å². The van der Waals surface area contributed by atoms with E-state index in [1.807, 2.05) is 0 Å². The second-order valence-electron chi connectivity index (χ2n) is 6.76. The SMILES string of the molecule is CCc1cccc(CC)c1Nc1nccc(C(=O)NCCN2CCOCC2)n1. The molecule has 1 amide bonds. The van der Waals surface area contributed by atoms with Crippen molar-refractivity contribution >= 4 is 17.5 Å². The van der Waals surface area contributed by atoms with E-state index in [1.54, 1.807) is 12.3 Å². The zero-order valence-electron chi connectivity index (χ0n) is 16.7. The summed E-state index contributed by atoms with van der Waals surface area (Å²) < 4.78 is 5.34. The Bertz CT molecular complexity index is 768. The van der Waals surface area contributed by atoms with Crippen LogP contribution in [0.15, 0.2) is 30.5 Å². The molecule has 2 heterocycles. The summed E-state index contributed by atoms with van der Waals surface area (Å²) in [5.41, 5.74) is 3.83. The van der Waals surface area contributed by atoms with Crippen molar-refractivity contribution < 1.29 is 9.53 Å². The van der Waals surface area contributed by atoms with Gasteiger partial charge >= 0.3 is 0 Å². The summed E-state index contributed by atoms with van der Waals surface area (Å²) in [4.78, 5) is 23.5. The number of hydrogen-bond donors (Lipinski definition) is 2. The number of rotatable bonds is 8. The fourth-order valence-electron chi connectivity index (χ4n) is 3.30. The van der Waals surface area contributed by atoms with E-state index < -0.39 is 0 Å². The van der Waals surface area contributed by atoms with Gasteiger partial charge in [-0.2, -0.15) is 0 Å². The van der Waals surface area contributed by atoms with E-state index >= 15 is 0 Å². The predicted molar refractivity (Wildman–Crippen MR) is 110 cm³/mol. The highest BCUT2D eigenvalue weighted by atomic mass is 16.5. The van der Waals surface area contributed by atoms with Crippen molar-refractivity contribution in [1.29, 1.82) is 0 Å². The van der Waals surface area contributed by atoms with Gasteiger partial charge in [0.05, 0.1) is 13.2 Å². The first-order valence-electron chi connectivity index (χ1n) is 10.0. The Kier molecular flexibility index (Phi) is 7.33. The number of amides is 1. The third-order valence-electron chi connectivity index (χ3n) is 4.94. The molecule has 1 aliphatic rings. The highest BCUT2D eigenvalue weighted by molar-refractivity contribution is 5.92. The first kappa shape index (κ1) is 20.2. The van der Waals surface area contributed by atoms with Crippen LogP contribution in [0.2, 0.25) is 0 Å². The topological polar surface area (TPSA) is 79.4 Å². The lowest BCUT2D eigenvalue weighted by molar-refractivity contribution is 0.0383. The number of morpholine rings is 1. The predicted octanol–water partition coefficient (Wildman–Crippen LogP) is 2.41. The van der Waals surface area contributed by atoms with Gasteiger partial charge in [-0.3, -0.25) is 9.69 Å². The molecule has 1 aromatic carbocycles. The van der Waals surface area contributed by atoms with Crippen LogP contribution in [0.4, 0.5) is 11.6 Å². The molecule has 1 fully saturated rings. The Morgan fingerprint density at radius 3 is 2.54 bits per heavy atom. The smallest absolute Gasteiger partial charge is 0.270 e. The Morgan fingerprint density at radius 2 is 1.86 bits per heavy atom. The molecule has 3 rings (SSSR count). The lowest BCUT2D eigenvalue weighted by Crippen LogP contribution is -2.41. The molecule has 0 atom stereocenters. The van der Waals surface area contributed by atoms with E-state index in [2.05, 4.69) is 57.5 Å². The van der Waals surface area contributed by atoms with Crippen molar-refractivity contribution in [2.75, 3.05) is 44.7 Å². The molecule has 2 aromatic rings. The lowest BCUT2D eigenvalue weighted by atomic mass is 10.0. The highest BCUT2D eigenvalue weighted by Gasteiger charge is 2.13. The summed E-state index contributed by atoms with van der Waals surface area (Å²) in [5.74, 6) is 0.259. The van der Waals surface area contributed by atoms with Crippen LogP contribution in [0.5, 0.6) is 0 Å². The van der Waals surface area contributed by atoms with Gasteiger partial charge in [-0.15, -0.1) is 0 Å². The number of nitrogens with one attached hydrogen (secondary N) is 2. The van der Waals surface area contributed by atoms with Crippen molar-refractivity contribution in [2.24, 2.45) is 0 Å². The maximum atomic E-state index is 12.5. The number of nitrogens with zero attached hydrogens (tertiary/aromatic N) is 3. The Hall–Kier alpha value is -2.51. The van der Waals surface area contributed by atoms with E-state index in [1.165, 1.54) is 11.1 Å². The summed E-state index contributed by atoms with van der Waals surface area (Å²) >= 11 is 0. The van der Waals surface area contributed by atoms with Gasteiger partial charge in [-0.05, 0) is 30.0 Å². The van der Waals surface area contributed by atoms with E-state index in [-0.39, 0.29) is 5.91 Å². The van der Waals surface area contributed by atoms with E-state index in [0.29, 0.717) is 18.2 Å². The number of aryl methyl sites for hydroxylation is 2. The summed E-state index contributed by atoms with van der Waals surface area (Å²) in [7, 11) is 0. The molecule has 28 heavy (non-hydrogen) atoms. The zero-order chi connectivity index (χ0) is 19.8. The Morgan fingerprint density at radius 1 is 1.14 bits per heavy atom. The van der Waals surface area contributed by atoms with Crippen LogP contribution in [-0.2, 0) is 17.6 Å². The molecule has 7 heteroatoms. The highest BCUT2D eigenvalue weighted by Crippen LogP contribution is 2.25. The van der Waals surface area contributed by atoms with Gasteiger partial charge < -0.3 is 15.4 Å². The number of hydrogen-bond acceptors (Lipinski definition) is 6. The summed E-state index contributed by atoms with van der Waals surface area (Å²) in [6.45, 7) is 8.99. The lowest BCUT2D eigenvalue weighted by Gasteiger charge is -2.26. The molecular weight excluding hydrogens is 354 g/mol. The van der Waals surface area contributed by atoms with Gasteiger partial charge in [0.2, 0.25) is 5.95 Å². The molecule has 0 radical (unpaired) electrons. The molecule has 0 spiro atoms. The van der Waals surface area contributed by atoms with Crippen molar-refractivity contribution in [3.8, 4) is 0 Å². The summed E-state index contributed by atoms with van der Waals surface area (Å²) in [6.07, 6.45) is 3.45. The average molecular weight is 383 g/mol. The molecule has 0 saturated carbocycles. The van der Waals surface area contributed by atoms with E-state index in [4.69, 9.17) is 4.74 Å². The second kappa shape index (κ2) is 10.1. The molecule has 1 saturated heterocycles. The number of anilines is 2. The first-order valence-corrected chi connectivity index (χ1v) is 10.0. The minimum atomic E-state index is -0.182. The van der Waals surface area contributed by atoms with Crippen molar-refractivity contribution in [1.82, 2.24) is 20.2 Å². The number of para-hydroxylation sites is 1. The number of carbonyl (C=O) groups is 1. The first-order chi connectivity index (χ1) is 13.7. The third kappa shape index (κ3) is 5.27. The van der Waals surface area contributed by atoms with Gasteiger partial charge in [-0.1, -0.05) is 32.0 Å². The molecule has 0 aliphatic carbocycles. The summed E-state index contributed by atoms with van der Waals surface area (Å²) in [5, 5.41) is 6.26. The van der Waals surface area contributed by atoms with Gasteiger partial charge in [0.15, 0.2) is 0 Å². The fraction of sp³-hybridized carbons (Fsp3) is 0.476. The molecular formula is C21H29N5O2. The van der Waals surface area contributed by atoms with Gasteiger partial charge in [0.25, 0.3) is 5.91 Å². The molecule has 0 unspecified atom stereocenters. The van der Waals surface area contributed by atoms with Crippen LogP contribution in [0.1, 0.15) is 35.5 Å². The number of benzene rings is 1. The van der Waals surface area contributed by atoms with Crippen LogP contribution in [0, 0.1) is 0 Å². The van der Waals surface area contributed by atoms with Crippen LogP contribution >= 0.6 is 0 Å². The normalized spacial score (nSPS) is 14.6. The minimum absolute atomic E-state index is 0.182. The van der Waals surface area contributed by atoms with Gasteiger partial charge in [0.1, 0.15) is 5.69 Å². The Balaban J connectivity index is 1.63. The minimum Gasteiger partial charge on any atom is -0.379 e. The molecule has 7 nitrogen and oxygen atoms in total. The summed E-state index contributed by atoms with van der Waals surface area (Å²) in [6, 6.07) is 7.91. The van der Waals surface area contributed by atoms with Crippen LogP contribution in [0.3, 0.4) is 0 Å². The maximum Gasteiger partial charge on any atom is 0.270 e. The quantitative estimate of drug-likeness (QED) is 0.729. The molecule has 1 aliphatic heterocycles. The fourth-order valence-corrected chi connectivity index (χ4v) is 3.30. The number of aromatic nitrogens is 2. The molecule has 150 valence electrons. The monoisotopic (exact) mass is 383 g/mol. The Labute approximate surface area is 166 Å². The van der Waals surface area contributed by atoms with Crippen molar-refractivity contribution in [3.63, 3.8) is 0 Å². The largest absolute Gasteiger partial charge is 0.379 e. The van der Waals surface area contributed by atoms with E-state index in [9.17, 15) is 4.79 Å².